The third-order valence-electron chi connectivity index (χ3n) is 4.79. The molecule has 3 aromatic rings. The lowest BCUT2D eigenvalue weighted by molar-refractivity contribution is -0.117. The minimum atomic E-state index is 0.202. The highest BCUT2D eigenvalue weighted by atomic mass is 16.2. The lowest BCUT2D eigenvalue weighted by Gasteiger charge is -2.22. The molecule has 3 heterocycles. The van der Waals surface area contributed by atoms with Crippen molar-refractivity contribution < 1.29 is 4.79 Å². The smallest absolute Gasteiger partial charge is 0.227 e. The second-order valence-corrected chi connectivity index (χ2v) is 6.33. The molecule has 6 heteroatoms. The van der Waals surface area contributed by atoms with E-state index in [9.17, 15) is 4.79 Å². The summed E-state index contributed by atoms with van der Waals surface area (Å²) in [5.41, 5.74) is 1.96. The molecule has 0 saturated carbocycles. The van der Waals surface area contributed by atoms with E-state index >= 15 is 0 Å². The third kappa shape index (κ3) is 2.63. The van der Waals surface area contributed by atoms with Gasteiger partial charge in [0.15, 0.2) is 11.6 Å². The van der Waals surface area contributed by atoms with Crippen molar-refractivity contribution in [3.63, 3.8) is 0 Å². The highest BCUT2D eigenvalue weighted by molar-refractivity contribution is 5.96. The van der Waals surface area contributed by atoms with Crippen molar-refractivity contribution in [3.8, 4) is 17.3 Å². The van der Waals surface area contributed by atoms with Crippen molar-refractivity contribution in [2.24, 2.45) is 0 Å². The van der Waals surface area contributed by atoms with Gasteiger partial charge in [-0.2, -0.15) is 0 Å². The Morgan fingerprint density at radius 2 is 1.72 bits per heavy atom. The van der Waals surface area contributed by atoms with Crippen molar-refractivity contribution in [1.82, 2.24) is 19.1 Å². The molecule has 0 aliphatic carbocycles. The molecule has 0 bridgehead atoms. The van der Waals surface area contributed by atoms with Crippen LogP contribution in [0.3, 0.4) is 0 Å². The van der Waals surface area contributed by atoms with Crippen LogP contribution in [0.2, 0.25) is 0 Å². The average molecular weight is 335 g/mol. The summed E-state index contributed by atoms with van der Waals surface area (Å²) in [4.78, 5) is 22.9. The van der Waals surface area contributed by atoms with Gasteiger partial charge in [-0.15, -0.1) is 0 Å². The van der Waals surface area contributed by atoms with Gasteiger partial charge in [0.25, 0.3) is 0 Å². The molecule has 1 saturated heterocycles. The molecule has 0 N–H and O–H groups in total. The van der Waals surface area contributed by atoms with Gasteiger partial charge in [0.2, 0.25) is 5.91 Å². The van der Waals surface area contributed by atoms with Gasteiger partial charge in [-0.1, -0.05) is 0 Å². The molecule has 1 atom stereocenters. The lowest BCUT2D eigenvalue weighted by Crippen LogP contribution is -2.30. The second kappa shape index (κ2) is 6.20. The highest BCUT2D eigenvalue weighted by Gasteiger charge is 2.28. The van der Waals surface area contributed by atoms with Crippen LogP contribution in [0.1, 0.15) is 26.7 Å². The molecule has 128 valence electrons. The number of aromatic nitrogens is 4. The van der Waals surface area contributed by atoms with Crippen LogP contribution >= 0.6 is 0 Å². The molecule has 2 aromatic heterocycles. The Bertz CT molecular complexity index is 893. The van der Waals surface area contributed by atoms with Crippen molar-refractivity contribution in [2.75, 3.05) is 4.90 Å². The minimum absolute atomic E-state index is 0.202. The zero-order chi connectivity index (χ0) is 17.4. The maximum absolute atomic E-state index is 12.1. The van der Waals surface area contributed by atoms with E-state index in [1.54, 1.807) is 12.4 Å². The van der Waals surface area contributed by atoms with Crippen LogP contribution < -0.4 is 4.90 Å². The molecule has 1 aromatic carbocycles. The Kier molecular flexibility index (Phi) is 3.87. The number of hydrogen-bond acceptors (Lipinski definition) is 3. The fraction of sp³-hybridized carbons (Fsp3) is 0.316. The first kappa shape index (κ1) is 15.6. The minimum Gasteiger partial charge on any atom is -0.329 e. The third-order valence-corrected chi connectivity index (χ3v) is 4.79. The number of nitrogens with zero attached hydrogens (tertiary/aromatic N) is 5. The quantitative estimate of drug-likeness (QED) is 0.735. The predicted molar refractivity (Wildman–Crippen MR) is 96.6 cm³/mol. The van der Waals surface area contributed by atoms with Gasteiger partial charge in [0.1, 0.15) is 0 Å². The molecule has 1 aliphatic heterocycles. The fourth-order valence-electron chi connectivity index (χ4n) is 3.45. The van der Waals surface area contributed by atoms with E-state index in [0.29, 0.717) is 6.42 Å². The van der Waals surface area contributed by atoms with Gasteiger partial charge < -0.3 is 9.47 Å². The first-order valence-corrected chi connectivity index (χ1v) is 8.66. The van der Waals surface area contributed by atoms with E-state index in [2.05, 4.69) is 28.4 Å². The van der Waals surface area contributed by atoms with Crippen LogP contribution in [0.15, 0.2) is 49.1 Å². The van der Waals surface area contributed by atoms with Crippen molar-refractivity contribution in [1.29, 1.82) is 0 Å². The number of carbonyl (C=O) groups is 1. The van der Waals surface area contributed by atoms with Gasteiger partial charge in [-0.25, -0.2) is 9.97 Å². The number of aryl methyl sites for hydroxylation is 1. The second-order valence-electron chi connectivity index (χ2n) is 6.33. The van der Waals surface area contributed by atoms with Gasteiger partial charge in [-0.3, -0.25) is 9.36 Å². The van der Waals surface area contributed by atoms with Crippen LogP contribution in [0.4, 0.5) is 5.69 Å². The number of hydrogen-bond donors (Lipinski definition) is 0. The average Bonchev–Trinajstić information content (AvgIpc) is 3.34. The van der Waals surface area contributed by atoms with Crippen LogP contribution in [-0.2, 0) is 11.3 Å². The number of benzene rings is 1. The molecule has 0 unspecified atom stereocenters. The van der Waals surface area contributed by atoms with Gasteiger partial charge >= 0.3 is 0 Å². The Hall–Kier alpha value is -2.89. The van der Waals surface area contributed by atoms with Crippen LogP contribution in [0.25, 0.3) is 17.3 Å². The zero-order valence-electron chi connectivity index (χ0n) is 14.5. The number of imidazole rings is 2. The van der Waals surface area contributed by atoms with E-state index in [-0.39, 0.29) is 11.9 Å². The summed E-state index contributed by atoms with van der Waals surface area (Å²) in [6.45, 7) is 5.02. The summed E-state index contributed by atoms with van der Waals surface area (Å²) >= 11 is 0. The molecular weight excluding hydrogens is 314 g/mol. The van der Waals surface area contributed by atoms with Crippen molar-refractivity contribution >= 4 is 11.6 Å². The zero-order valence-corrected chi connectivity index (χ0v) is 14.5. The number of amides is 1. The molecule has 0 radical (unpaired) electrons. The number of anilines is 1. The molecule has 1 fully saturated rings. The van der Waals surface area contributed by atoms with Gasteiger partial charge in [0.05, 0.1) is 0 Å². The summed E-state index contributed by atoms with van der Waals surface area (Å²) in [5, 5.41) is 0. The SMILES string of the molecule is CCn1ccnc1-c1nccn1-c1ccc(N2C(=O)CC[C@@H]2C)cc1. The van der Waals surface area contributed by atoms with E-state index in [0.717, 1.165) is 36.0 Å². The summed E-state index contributed by atoms with van der Waals surface area (Å²) in [6.07, 6.45) is 9.02. The van der Waals surface area contributed by atoms with Crippen molar-refractivity contribution in [2.45, 2.75) is 39.3 Å². The Balaban J connectivity index is 1.68. The lowest BCUT2D eigenvalue weighted by atomic mass is 10.2. The summed E-state index contributed by atoms with van der Waals surface area (Å²) < 4.78 is 4.09. The van der Waals surface area contributed by atoms with E-state index in [4.69, 9.17) is 0 Å². The van der Waals surface area contributed by atoms with Gasteiger partial charge in [0, 0.05) is 55.2 Å². The highest BCUT2D eigenvalue weighted by Crippen LogP contribution is 2.28. The number of carbonyl (C=O) groups excluding carboxylic acids is 1. The molecule has 6 nitrogen and oxygen atoms in total. The fourth-order valence-corrected chi connectivity index (χ4v) is 3.45. The van der Waals surface area contributed by atoms with Crippen LogP contribution in [0.5, 0.6) is 0 Å². The first-order chi connectivity index (χ1) is 12.2. The maximum atomic E-state index is 12.1. The molecule has 4 rings (SSSR count). The topological polar surface area (TPSA) is 56.0 Å². The first-order valence-electron chi connectivity index (χ1n) is 8.66. The number of rotatable bonds is 4. The summed E-state index contributed by atoms with van der Waals surface area (Å²) in [7, 11) is 0. The standard InChI is InChI=1S/C19H21N5O/c1-3-22-12-10-20-18(22)19-21-11-13-23(19)15-5-7-16(8-6-15)24-14(2)4-9-17(24)25/h5-8,10-14H,3-4,9H2,1-2H3/t14-/m0/s1. The van der Waals surface area contributed by atoms with E-state index < -0.39 is 0 Å². The van der Waals surface area contributed by atoms with Gasteiger partial charge in [-0.05, 0) is 44.5 Å². The molecule has 25 heavy (non-hydrogen) atoms. The summed E-state index contributed by atoms with van der Waals surface area (Å²) in [6, 6.07) is 8.33. The maximum Gasteiger partial charge on any atom is 0.227 e. The largest absolute Gasteiger partial charge is 0.329 e. The van der Waals surface area contributed by atoms with Crippen LogP contribution in [-0.4, -0.2) is 31.1 Å². The summed E-state index contributed by atoms with van der Waals surface area (Å²) in [5.74, 6) is 1.86. The molecule has 1 amide bonds. The Labute approximate surface area is 146 Å². The van der Waals surface area contributed by atoms with E-state index in [1.807, 2.05) is 46.1 Å². The molecule has 0 spiro atoms. The van der Waals surface area contributed by atoms with Crippen molar-refractivity contribution in [3.05, 3.63) is 49.1 Å². The predicted octanol–water partition coefficient (Wildman–Crippen LogP) is 3.27. The Morgan fingerprint density at radius 1 is 1.04 bits per heavy atom. The normalized spacial score (nSPS) is 17.4. The molecule has 1 aliphatic rings. The van der Waals surface area contributed by atoms with E-state index in [1.165, 1.54) is 0 Å². The Morgan fingerprint density at radius 3 is 2.40 bits per heavy atom. The van der Waals surface area contributed by atoms with Crippen LogP contribution in [0, 0.1) is 0 Å². The molecular formula is C19H21N5O. The monoisotopic (exact) mass is 335 g/mol.